The second-order valence-electron chi connectivity index (χ2n) is 3.58. The fraction of sp³-hybridized carbons (Fsp3) is 0. The first kappa shape index (κ1) is 10.3. The van der Waals surface area contributed by atoms with Gasteiger partial charge in [-0.15, -0.1) is 0 Å². The molecule has 3 aromatic heterocycles. The number of hydrogen-bond acceptors (Lipinski definition) is 5. The highest BCUT2D eigenvalue weighted by Crippen LogP contribution is 2.13. The van der Waals surface area contributed by atoms with Crippen LogP contribution in [0.3, 0.4) is 0 Å². The van der Waals surface area contributed by atoms with Crippen LogP contribution in [0.1, 0.15) is 10.5 Å². The molecule has 0 aliphatic carbocycles. The summed E-state index contributed by atoms with van der Waals surface area (Å²) in [6, 6.07) is 3.04. The van der Waals surface area contributed by atoms with E-state index in [1.54, 1.807) is 29.3 Å². The molecule has 0 spiro atoms. The number of nitrogens with zero attached hydrogens (tertiary/aromatic N) is 5. The molecule has 0 atom stereocenters. The van der Waals surface area contributed by atoms with Crippen LogP contribution in [0.25, 0.3) is 16.7 Å². The van der Waals surface area contributed by atoms with Gasteiger partial charge in [0.15, 0.2) is 0 Å². The summed E-state index contributed by atoms with van der Waals surface area (Å²) in [5.41, 5.74) is 1.81. The van der Waals surface area contributed by atoms with Crippen molar-refractivity contribution in [1.29, 1.82) is 0 Å². The molecule has 0 aliphatic heterocycles. The van der Waals surface area contributed by atoms with Gasteiger partial charge in [-0.2, -0.15) is 5.10 Å². The molecule has 0 saturated heterocycles. The summed E-state index contributed by atoms with van der Waals surface area (Å²) >= 11 is 0. The molecule has 1 N–H and O–H groups in total. The Hall–Kier alpha value is -2.83. The quantitative estimate of drug-likeness (QED) is 0.716. The van der Waals surface area contributed by atoms with Crippen molar-refractivity contribution in [2.24, 2.45) is 0 Å². The number of carboxylic acid groups (broad SMARTS) is 1. The second-order valence-corrected chi connectivity index (χ2v) is 3.58. The third-order valence-corrected chi connectivity index (χ3v) is 2.39. The fourth-order valence-corrected chi connectivity index (χ4v) is 1.57. The van der Waals surface area contributed by atoms with Crippen LogP contribution in [0.4, 0.5) is 0 Å². The van der Waals surface area contributed by atoms with Crippen LogP contribution < -0.4 is 0 Å². The maximum atomic E-state index is 10.8. The van der Waals surface area contributed by atoms with Gasteiger partial charge in [-0.1, -0.05) is 0 Å². The lowest BCUT2D eigenvalue weighted by Gasteiger charge is -1.96. The number of aromatic nitrogens is 5. The Morgan fingerprint density at radius 1 is 1.17 bits per heavy atom. The summed E-state index contributed by atoms with van der Waals surface area (Å²) in [6.07, 6.45) is 6.28. The highest BCUT2D eigenvalue weighted by molar-refractivity contribution is 5.88. The SMILES string of the molecule is O=C(O)c1ccc2nn(-c3cncnc3)cc2n1. The van der Waals surface area contributed by atoms with Gasteiger partial charge >= 0.3 is 5.97 Å². The van der Waals surface area contributed by atoms with E-state index in [9.17, 15) is 4.79 Å². The van der Waals surface area contributed by atoms with E-state index in [0.29, 0.717) is 16.7 Å². The summed E-state index contributed by atoms with van der Waals surface area (Å²) in [4.78, 5) is 22.6. The van der Waals surface area contributed by atoms with Crippen LogP contribution in [-0.2, 0) is 0 Å². The van der Waals surface area contributed by atoms with Crippen molar-refractivity contribution in [2.75, 3.05) is 0 Å². The Morgan fingerprint density at radius 2 is 1.94 bits per heavy atom. The molecule has 3 heterocycles. The van der Waals surface area contributed by atoms with Crippen molar-refractivity contribution in [3.05, 3.63) is 42.7 Å². The first-order valence-electron chi connectivity index (χ1n) is 5.09. The Labute approximate surface area is 101 Å². The molecule has 3 rings (SSSR count). The minimum absolute atomic E-state index is 0.00800. The summed E-state index contributed by atoms with van der Waals surface area (Å²) in [6.45, 7) is 0. The predicted molar refractivity (Wildman–Crippen MR) is 61.4 cm³/mol. The minimum Gasteiger partial charge on any atom is -0.477 e. The molecule has 0 unspecified atom stereocenters. The summed E-state index contributed by atoms with van der Waals surface area (Å²) in [5.74, 6) is -1.06. The number of rotatable bonds is 2. The van der Waals surface area contributed by atoms with Gasteiger partial charge in [-0.05, 0) is 12.1 Å². The van der Waals surface area contributed by atoms with Crippen LogP contribution in [0.2, 0.25) is 0 Å². The average molecular weight is 241 g/mol. The molecule has 0 aromatic carbocycles. The van der Waals surface area contributed by atoms with Crippen molar-refractivity contribution in [2.45, 2.75) is 0 Å². The molecular formula is C11H7N5O2. The van der Waals surface area contributed by atoms with Crippen molar-refractivity contribution < 1.29 is 9.90 Å². The lowest BCUT2D eigenvalue weighted by Crippen LogP contribution is -1.98. The second kappa shape index (κ2) is 3.88. The Morgan fingerprint density at radius 3 is 2.67 bits per heavy atom. The predicted octanol–water partition coefficient (Wildman–Crippen LogP) is 0.909. The number of pyridine rings is 1. The van der Waals surface area contributed by atoms with Gasteiger partial charge in [0.25, 0.3) is 0 Å². The van der Waals surface area contributed by atoms with E-state index < -0.39 is 5.97 Å². The van der Waals surface area contributed by atoms with Crippen LogP contribution >= 0.6 is 0 Å². The number of carboxylic acids is 1. The van der Waals surface area contributed by atoms with Crippen LogP contribution in [0, 0.1) is 0 Å². The Kier molecular flexibility index (Phi) is 2.23. The average Bonchev–Trinajstić information content (AvgIpc) is 2.82. The lowest BCUT2D eigenvalue weighted by atomic mass is 10.3. The molecule has 0 radical (unpaired) electrons. The fourth-order valence-electron chi connectivity index (χ4n) is 1.57. The molecule has 18 heavy (non-hydrogen) atoms. The van der Waals surface area contributed by atoms with Crippen LogP contribution in [0.5, 0.6) is 0 Å². The number of fused-ring (bicyclic) bond motifs is 1. The van der Waals surface area contributed by atoms with Crippen molar-refractivity contribution in [3.8, 4) is 5.69 Å². The highest BCUT2D eigenvalue weighted by atomic mass is 16.4. The largest absolute Gasteiger partial charge is 0.477 e. The van der Waals surface area contributed by atoms with E-state index in [1.807, 2.05) is 0 Å². The van der Waals surface area contributed by atoms with Gasteiger partial charge in [0.2, 0.25) is 0 Å². The number of carbonyl (C=O) groups is 1. The maximum Gasteiger partial charge on any atom is 0.354 e. The number of hydrogen-bond donors (Lipinski definition) is 1. The van der Waals surface area contributed by atoms with Gasteiger partial charge in [0.05, 0.1) is 18.6 Å². The van der Waals surface area contributed by atoms with Crippen LogP contribution in [-0.4, -0.2) is 35.8 Å². The smallest absolute Gasteiger partial charge is 0.354 e. The Bertz CT molecular complexity index is 723. The van der Waals surface area contributed by atoms with Crippen LogP contribution in [0.15, 0.2) is 37.1 Å². The highest BCUT2D eigenvalue weighted by Gasteiger charge is 2.09. The van der Waals surface area contributed by atoms with Crippen molar-refractivity contribution >= 4 is 17.0 Å². The topological polar surface area (TPSA) is 93.8 Å². The van der Waals surface area contributed by atoms with Gasteiger partial charge in [0, 0.05) is 0 Å². The zero-order valence-corrected chi connectivity index (χ0v) is 9.06. The molecule has 7 heteroatoms. The normalized spacial score (nSPS) is 10.7. The van der Waals surface area contributed by atoms with Gasteiger partial charge in [0.1, 0.15) is 28.7 Å². The van der Waals surface area contributed by atoms with Crippen molar-refractivity contribution in [3.63, 3.8) is 0 Å². The molecule has 7 nitrogen and oxygen atoms in total. The zero-order chi connectivity index (χ0) is 12.5. The molecule has 0 bridgehead atoms. The number of aromatic carboxylic acids is 1. The van der Waals surface area contributed by atoms with Crippen molar-refractivity contribution in [1.82, 2.24) is 24.7 Å². The first-order chi connectivity index (χ1) is 8.74. The molecule has 0 saturated carbocycles. The lowest BCUT2D eigenvalue weighted by molar-refractivity contribution is 0.0691. The maximum absolute atomic E-state index is 10.8. The molecule has 3 aromatic rings. The zero-order valence-electron chi connectivity index (χ0n) is 9.06. The molecule has 0 fully saturated rings. The van der Waals surface area contributed by atoms with E-state index in [0.717, 1.165) is 0 Å². The monoisotopic (exact) mass is 241 g/mol. The van der Waals surface area contributed by atoms with E-state index in [1.165, 1.54) is 12.4 Å². The third-order valence-electron chi connectivity index (χ3n) is 2.39. The van der Waals surface area contributed by atoms with E-state index in [-0.39, 0.29) is 5.69 Å². The van der Waals surface area contributed by atoms with E-state index >= 15 is 0 Å². The summed E-state index contributed by atoms with van der Waals surface area (Å²) < 4.78 is 1.56. The molecule has 0 amide bonds. The van der Waals surface area contributed by atoms with Gasteiger partial charge in [-0.25, -0.2) is 24.4 Å². The van der Waals surface area contributed by atoms with Gasteiger partial charge < -0.3 is 5.11 Å². The standard InChI is InChI=1S/C11H7N5O2/c17-11(18)9-2-1-8-10(14-9)5-16(15-8)7-3-12-6-13-4-7/h1-6H,(H,17,18). The Balaban J connectivity index is 2.14. The third kappa shape index (κ3) is 1.67. The summed E-state index contributed by atoms with van der Waals surface area (Å²) in [5, 5.41) is 13.1. The first-order valence-corrected chi connectivity index (χ1v) is 5.09. The molecular weight excluding hydrogens is 234 g/mol. The summed E-state index contributed by atoms with van der Waals surface area (Å²) in [7, 11) is 0. The molecule has 0 aliphatic rings. The van der Waals surface area contributed by atoms with E-state index in [4.69, 9.17) is 5.11 Å². The van der Waals surface area contributed by atoms with Gasteiger partial charge in [-0.3, -0.25) is 0 Å². The molecule has 88 valence electrons. The van der Waals surface area contributed by atoms with E-state index in [2.05, 4.69) is 20.1 Å². The minimum atomic E-state index is -1.06.